The van der Waals surface area contributed by atoms with Crippen LogP contribution in [0.15, 0.2) is 12.3 Å². The third-order valence-electron chi connectivity index (χ3n) is 3.20. The van der Waals surface area contributed by atoms with Gasteiger partial charge in [0, 0.05) is 25.2 Å². The Hall–Kier alpha value is -1.49. The van der Waals surface area contributed by atoms with Gasteiger partial charge < -0.3 is 15.0 Å². The molecule has 0 aliphatic carbocycles. The van der Waals surface area contributed by atoms with Crippen LogP contribution < -0.4 is 5.32 Å². The van der Waals surface area contributed by atoms with E-state index in [1.165, 1.54) is 0 Å². The number of amides is 1. The molecule has 1 aromatic heterocycles. The molecule has 0 saturated heterocycles. The molecule has 6 heteroatoms. The van der Waals surface area contributed by atoms with E-state index in [0.29, 0.717) is 23.7 Å². The minimum absolute atomic E-state index is 0.0583. The summed E-state index contributed by atoms with van der Waals surface area (Å²) in [6.45, 7) is 6.19. The SMILES string of the molecule is CCC(CNC(=O)c1cc(Cl)cn1C(C)C)CC(=O)O. The Morgan fingerprint density at radius 1 is 1.45 bits per heavy atom. The van der Waals surface area contributed by atoms with Crippen molar-refractivity contribution in [2.45, 2.75) is 39.7 Å². The van der Waals surface area contributed by atoms with Crippen molar-refractivity contribution in [1.82, 2.24) is 9.88 Å². The van der Waals surface area contributed by atoms with Crippen LogP contribution in [0.1, 0.15) is 50.1 Å². The van der Waals surface area contributed by atoms with Gasteiger partial charge in [-0.15, -0.1) is 0 Å². The third kappa shape index (κ3) is 4.56. The van der Waals surface area contributed by atoms with Gasteiger partial charge in [-0.25, -0.2) is 0 Å². The Balaban J connectivity index is 2.69. The Morgan fingerprint density at radius 3 is 2.60 bits per heavy atom. The monoisotopic (exact) mass is 300 g/mol. The Labute approximate surface area is 123 Å². The first-order valence-electron chi connectivity index (χ1n) is 6.72. The van der Waals surface area contributed by atoms with E-state index in [1.54, 1.807) is 16.8 Å². The predicted molar refractivity (Wildman–Crippen MR) is 78.2 cm³/mol. The lowest BCUT2D eigenvalue weighted by molar-refractivity contribution is -0.138. The number of nitrogens with zero attached hydrogens (tertiary/aromatic N) is 1. The molecule has 1 rings (SSSR count). The van der Waals surface area contributed by atoms with Crippen molar-refractivity contribution in [3.63, 3.8) is 0 Å². The second-order valence-electron chi connectivity index (χ2n) is 5.13. The van der Waals surface area contributed by atoms with Crippen LogP contribution in [0.2, 0.25) is 5.02 Å². The third-order valence-corrected chi connectivity index (χ3v) is 3.40. The molecule has 0 fully saturated rings. The quantitative estimate of drug-likeness (QED) is 0.813. The van der Waals surface area contributed by atoms with E-state index in [-0.39, 0.29) is 24.3 Å². The van der Waals surface area contributed by atoms with Crippen LogP contribution in [0, 0.1) is 5.92 Å². The van der Waals surface area contributed by atoms with Crippen molar-refractivity contribution < 1.29 is 14.7 Å². The Morgan fingerprint density at radius 2 is 2.10 bits per heavy atom. The standard InChI is InChI=1S/C14H21ClN2O3/c1-4-10(5-13(18)19)7-16-14(20)12-6-11(15)8-17(12)9(2)3/h6,8-10H,4-5,7H2,1-3H3,(H,16,20)(H,18,19). The topological polar surface area (TPSA) is 71.3 Å². The normalized spacial score (nSPS) is 12.4. The fraction of sp³-hybridized carbons (Fsp3) is 0.571. The molecule has 1 amide bonds. The van der Waals surface area contributed by atoms with E-state index in [9.17, 15) is 9.59 Å². The van der Waals surface area contributed by atoms with Gasteiger partial charge in [0.05, 0.1) is 5.02 Å². The zero-order chi connectivity index (χ0) is 15.3. The molecular formula is C14H21ClN2O3. The maximum atomic E-state index is 12.2. The Bertz CT molecular complexity index is 483. The number of carbonyl (C=O) groups excluding carboxylic acids is 1. The summed E-state index contributed by atoms with van der Waals surface area (Å²) < 4.78 is 1.80. The van der Waals surface area contributed by atoms with Crippen molar-refractivity contribution in [3.8, 4) is 0 Å². The summed E-state index contributed by atoms with van der Waals surface area (Å²) >= 11 is 5.93. The van der Waals surface area contributed by atoms with Crippen molar-refractivity contribution in [2.75, 3.05) is 6.54 Å². The number of carboxylic acids is 1. The van der Waals surface area contributed by atoms with Crippen LogP contribution in [-0.2, 0) is 4.79 Å². The molecule has 20 heavy (non-hydrogen) atoms. The number of aliphatic carboxylic acids is 1. The maximum Gasteiger partial charge on any atom is 0.303 e. The molecule has 0 bridgehead atoms. The zero-order valence-corrected chi connectivity index (χ0v) is 12.8. The average Bonchev–Trinajstić information content (AvgIpc) is 2.76. The van der Waals surface area contributed by atoms with Crippen LogP contribution in [0.25, 0.3) is 0 Å². The van der Waals surface area contributed by atoms with E-state index < -0.39 is 5.97 Å². The first-order valence-corrected chi connectivity index (χ1v) is 7.10. The minimum atomic E-state index is -0.848. The fourth-order valence-electron chi connectivity index (χ4n) is 1.99. The van der Waals surface area contributed by atoms with E-state index in [1.807, 2.05) is 20.8 Å². The Kier molecular flexibility index (Phi) is 6.07. The van der Waals surface area contributed by atoms with Gasteiger partial charge in [0.15, 0.2) is 0 Å². The van der Waals surface area contributed by atoms with E-state index in [4.69, 9.17) is 16.7 Å². The van der Waals surface area contributed by atoms with E-state index >= 15 is 0 Å². The van der Waals surface area contributed by atoms with Crippen molar-refractivity contribution in [1.29, 1.82) is 0 Å². The summed E-state index contributed by atoms with van der Waals surface area (Å²) in [7, 11) is 0. The number of nitrogens with one attached hydrogen (secondary N) is 1. The van der Waals surface area contributed by atoms with Crippen LogP contribution in [0.3, 0.4) is 0 Å². The lowest BCUT2D eigenvalue weighted by Crippen LogP contribution is -2.31. The number of rotatable bonds is 7. The second kappa shape index (κ2) is 7.33. The summed E-state index contributed by atoms with van der Waals surface area (Å²) in [5.41, 5.74) is 0.496. The van der Waals surface area contributed by atoms with Gasteiger partial charge in [-0.05, 0) is 25.8 Å². The first kappa shape index (κ1) is 16.6. The zero-order valence-electron chi connectivity index (χ0n) is 12.0. The van der Waals surface area contributed by atoms with Crippen molar-refractivity contribution >= 4 is 23.5 Å². The first-order chi connectivity index (χ1) is 9.35. The molecular weight excluding hydrogens is 280 g/mol. The van der Waals surface area contributed by atoms with E-state index in [2.05, 4.69) is 5.32 Å². The molecule has 0 radical (unpaired) electrons. The summed E-state index contributed by atoms with van der Waals surface area (Å²) in [5.74, 6) is -1.14. The molecule has 0 saturated carbocycles. The smallest absolute Gasteiger partial charge is 0.303 e. The van der Waals surface area contributed by atoms with Crippen LogP contribution in [-0.4, -0.2) is 28.1 Å². The molecule has 1 aromatic rings. The summed E-state index contributed by atoms with van der Waals surface area (Å²) in [5, 5.41) is 12.1. The van der Waals surface area contributed by atoms with E-state index in [0.717, 1.165) is 0 Å². The number of carboxylic acid groups (broad SMARTS) is 1. The van der Waals surface area contributed by atoms with Crippen molar-refractivity contribution in [3.05, 3.63) is 23.0 Å². The molecule has 0 aromatic carbocycles. The lowest BCUT2D eigenvalue weighted by Gasteiger charge is -2.15. The average molecular weight is 301 g/mol. The number of halogens is 1. The molecule has 1 atom stereocenters. The lowest BCUT2D eigenvalue weighted by atomic mass is 10.0. The van der Waals surface area contributed by atoms with Gasteiger partial charge in [-0.2, -0.15) is 0 Å². The largest absolute Gasteiger partial charge is 0.481 e. The minimum Gasteiger partial charge on any atom is -0.481 e. The number of hydrogen-bond donors (Lipinski definition) is 2. The number of aromatic nitrogens is 1. The highest BCUT2D eigenvalue weighted by Gasteiger charge is 2.17. The van der Waals surface area contributed by atoms with Crippen molar-refractivity contribution in [2.24, 2.45) is 5.92 Å². The fourth-order valence-corrected chi connectivity index (χ4v) is 2.20. The molecule has 112 valence electrons. The summed E-state index contributed by atoms with van der Waals surface area (Å²) in [4.78, 5) is 22.8. The molecule has 0 spiro atoms. The summed E-state index contributed by atoms with van der Waals surface area (Å²) in [6.07, 6.45) is 2.48. The van der Waals surface area contributed by atoms with Gasteiger partial charge in [-0.3, -0.25) is 9.59 Å². The van der Waals surface area contributed by atoms with Crippen LogP contribution in [0.4, 0.5) is 0 Å². The van der Waals surface area contributed by atoms with Gasteiger partial charge >= 0.3 is 5.97 Å². The molecule has 0 aliphatic heterocycles. The number of hydrogen-bond acceptors (Lipinski definition) is 2. The maximum absolute atomic E-state index is 12.2. The molecule has 1 heterocycles. The van der Waals surface area contributed by atoms with Crippen LogP contribution >= 0.6 is 11.6 Å². The van der Waals surface area contributed by atoms with Crippen LogP contribution in [0.5, 0.6) is 0 Å². The van der Waals surface area contributed by atoms with Gasteiger partial charge in [0.1, 0.15) is 5.69 Å². The highest BCUT2D eigenvalue weighted by molar-refractivity contribution is 6.31. The van der Waals surface area contributed by atoms with Gasteiger partial charge in [0.25, 0.3) is 5.91 Å². The molecule has 0 aliphatic rings. The summed E-state index contributed by atoms with van der Waals surface area (Å²) in [6, 6.07) is 1.75. The number of carbonyl (C=O) groups is 2. The highest BCUT2D eigenvalue weighted by atomic mass is 35.5. The highest BCUT2D eigenvalue weighted by Crippen LogP contribution is 2.19. The predicted octanol–water partition coefficient (Wildman–Crippen LogP) is 2.95. The molecule has 1 unspecified atom stereocenters. The molecule has 2 N–H and O–H groups in total. The van der Waals surface area contributed by atoms with Gasteiger partial charge in [-0.1, -0.05) is 24.9 Å². The molecule has 5 nitrogen and oxygen atoms in total. The second-order valence-corrected chi connectivity index (χ2v) is 5.56. The van der Waals surface area contributed by atoms with Gasteiger partial charge in [0.2, 0.25) is 0 Å².